The molecule has 0 N–H and O–H groups in total. The van der Waals surface area contributed by atoms with Crippen LogP contribution in [0.5, 0.6) is 11.5 Å². The van der Waals surface area contributed by atoms with Crippen LogP contribution >= 0.6 is 0 Å². The number of halogens is 6. The molecule has 0 amide bonds. The smallest absolute Gasteiger partial charge is 0.428 e. The van der Waals surface area contributed by atoms with Crippen LogP contribution in [-0.4, -0.2) is 45.7 Å². The van der Waals surface area contributed by atoms with E-state index in [1.807, 2.05) is 0 Å². The molecule has 0 unspecified atom stereocenters. The highest BCUT2D eigenvalue weighted by Crippen LogP contribution is 2.57. The summed E-state index contributed by atoms with van der Waals surface area (Å²) in [5.41, 5.74) is -14.0. The second-order valence-corrected chi connectivity index (χ2v) is 10.8. The average molecular weight is 626 g/mol. The van der Waals surface area contributed by atoms with Crippen molar-refractivity contribution in [1.29, 1.82) is 0 Å². The summed E-state index contributed by atoms with van der Waals surface area (Å²) in [5, 5.41) is 23.3. The van der Waals surface area contributed by atoms with Gasteiger partial charge in [0.05, 0.1) is 9.85 Å². The highest BCUT2D eigenvalue weighted by Gasteiger charge is 2.73. The van der Waals surface area contributed by atoms with Crippen molar-refractivity contribution in [2.45, 2.75) is 70.5 Å². The van der Waals surface area contributed by atoms with Crippen molar-refractivity contribution in [1.82, 2.24) is 0 Å². The van der Waals surface area contributed by atoms with Crippen molar-refractivity contribution in [2.24, 2.45) is 0 Å². The van der Waals surface area contributed by atoms with Gasteiger partial charge in [-0.05, 0) is 64.8 Å². The van der Waals surface area contributed by atoms with Crippen LogP contribution in [0.4, 0.5) is 47.3 Å². The van der Waals surface area contributed by atoms with Crippen molar-refractivity contribution in [3.05, 3.63) is 67.8 Å². The molecule has 236 valence electrons. The molecule has 0 spiro atoms. The molecular formula is C25H24F6N2O10. The van der Waals surface area contributed by atoms with Crippen molar-refractivity contribution in [3.63, 3.8) is 0 Å². The van der Waals surface area contributed by atoms with Crippen LogP contribution in [0.3, 0.4) is 0 Å². The molecule has 0 fully saturated rings. The second-order valence-electron chi connectivity index (χ2n) is 10.8. The molecule has 0 radical (unpaired) electrons. The molecule has 43 heavy (non-hydrogen) atoms. The van der Waals surface area contributed by atoms with E-state index in [0.29, 0.717) is 12.1 Å². The fraction of sp³-hybridized carbons (Fsp3) is 0.440. The van der Waals surface area contributed by atoms with Gasteiger partial charge < -0.3 is 18.9 Å². The molecule has 0 aliphatic carbocycles. The van der Waals surface area contributed by atoms with E-state index in [1.54, 1.807) is 0 Å². The van der Waals surface area contributed by atoms with Crippen LogP contribution < -0.4 is 9.47 Å². The summed E-state index contributed by atoms with van der Waals surface area (Å²) in [6.07, 6.45) is -15.7. The van der Waals surface area contributed by atoms with Gasteiger partial charge in [0.25, 0.3) is 0 Å². The van der Waals surface area contributed by atoms with Gasteiger partial charge in [0, 0.05) is 12.1 Å². The Kier molecular flexibility index (Phi) is 9.29. The first-order valence-electron chi connectivity index (χ1n) is 11.8. The Morgan fingerprint density at radius 1 is 0.628 bits per heavy atom. The summed E-state index contributed by atoms with van der Waals surface area (Å²) in [6.45, 7) is 8.31. The maximum atomic E-state index is 14.6. The monoisotopic (exact) mass is 626 g/mol. The number of alkyl halides is 6. The largest absolute Gasteiger partial charge is 0.514 e. The van der Waals surface area contributed by atoms with E-state index in [9.17, 15) is 56.2 Å². The van der Waals surface area contributed by atoms with E-state index >= 15 is 0 Å². The Morgan fingerprint density at radius 3 is 1.16 bits per heavy atom. The number of nitrogens with zero attached hydrogens (tertiary/aromatic N) is 2. The zero-order valence-electron chi connectivity index (χ0n) is 23.2. The van der Waals surface area contributed by atoms with E-state index in [1.165, 1.54) is 41.5 Å². The first kappa shape index (κ1) is 34.6. The Hall–Kier alpha value is -4.64. The maximum Gasteiger partial charge on any atom is 0.514 e. The summed E-state index contributed by atoms with van der Waals surface area (Å²) in [6, 6.07) is 0.695. The summed E-state index contributed by atoms with van der Waals surface area (Å²) in [5.74, 6) is -2.10. The predicted molar refractivity (Wildman–Crippen MR) is 133 cm³/mol. The minimum absolute atomic E-state index is 0.127. The lowest BCUT2D eigenvalue weighted by atomic mass is 9.72. The molecule has 2 aromatic rings. The maximum absolute atomic E-state index is 14.6. The third kappa shape index (κ3) is 7.81. The SMILES string of the molecule is CC(C)(C)OC(=O)Oc1ccc(C(c2ccc(OC(=O)OC(C)(C)C)c([N+](=O)[O-])c2)(C(F)(F)F)C(F)(F)F)cc1[N+](=O)[O-]. The van der Waals surface area contributed by atoms with E-state index in [4.69, 9.17) is 9.47 Å². The minimum Gasteiger partial charge on any atom is -0.428 e. The van der Waals surface area contributed by atoms with Crippen molar-refractivity contribution >= 4 is 23.7 Å². The molecule has 0 aliphatic rings. The number of ether oxygens (including phenoxy) is 4. The standard InChI is InChI=1S/C25H24F6N2O10/c1-21(2,3)42-19(34)40-17-9-7-13(11-15(17)32(36)37)23(24(26,27)28,25(29,30)31)14-8-10-18(16(12-14)33(38)39)41-20(35)43-22(4,5)6/h7-12H,1-6H3. The lowest BCUT2D eigenvalue weighted by molar-refractivity contribution is -0.386. The topological polar surface area (TPSA) is 157 Å². The molecule has 18 heteroatoms. The summed E-state index contributed by atoms with van der Waals surface area (Å²) in [7, 11) is 0. The summed E-state index contributed by atoms with van der Waals surface area (Å²) < 4.78 is 107. The average Bonchev–Trinajstić information content (AvgIpc) is 2.76. The van der Waals surface area contributed by atoms with Crippen LogP contribution in [0.15, 0.2) is 36.4 Å². The highest BCUT2D eigenvalue weighted by molar-refractivity contribution is 5.69. The van der Waals surface area contributed by atoms with E-state index in [0.717, 1.165) is 0 Å². The number of benzene rings is 2. The normalized spacial score (nSPS) is 12.7. The number of hydrogen-bond donors (Lipinski definition) is 0. The molecule has 2 aromatic carbocycles. The van der Waals surface area contributed by atoms with Crippen LogP contribution in [0.2, 0.25) is 0 Å². The summed E-state index contributed by atoms with van der Waals surface area (Å²) in [4.78, 5) is 44.5. The third-order valence-electron chi connectivity index (χ3n) is 5.19. The molecule has 0 heterocycles. The van der Waals surface area contributed by atoms with Crippen LogP contribution in [0.25, 0.3) is 0 Å². The van der Waals surface area contributed by atoms with Gasteiger partial charge >= 0.3 is 36.0 Å². The Balaban J connectivity index is 2.86. The molecule has 0 aromatic heterocycles. The predicted octanol–water partition coefficient (Wildman–Crippen LogP) is 7.54. The lowest BCUT2D eigenvalue weighted by Crippen LogP contribution is -2.54. The molecule has 12 nitrogen and oxygen atoms in total. The number of carbonyl (C=O) groups is 2. The molecule has 0 saturated heterocycles. The first-order valence-corrected chi connectivity index (χ1v) is 11.8. The number of nitro groups is 2. The van der Waals surface area contributed by atoms with Crippen LogP contribution in [0.1, 0.15) is 52.7 Å². The van der Waals surface area contributed by atoms with Gasteiger partial charge in [-0.3, -0.25) is 20.2 Å². The van der Waals surface area contributed by atoms with Crippen molar-refractivity contribution in [2.75, 3.05) is 0 Å². The van der Waals surface area contributed by atoms with Gasteiger partial charge in [-0.2, -0.15) is 26.3 Å². The minimum atomic E-state index is -6.33. The number of hydrogen-bond acceptors (Lipinski definition) is 10. The van der Waals surface area contributed by atoms with Crippen molar-refractivity contribution < 1.29 is 64.7 Å². The Labute approximate surface area is 238 Å². The van der Waals surface area contributed by atoms with Gasteiger partial charge in [-0.1, -0.05) is 12.1 Å². The second kappa shape index (κ2) is 11.6. The quantitative estimate of drug-likeness (QED) is 0.103. The number of rotatable bonds is 6. The third-order valence-corrected chi connectivity index (χ3v) is 5.19. The molecule has 0 atom stereocenters. The first-order chi connectivity index (χ1) is 19.3. The van der Waals surface area contributed by atoms with Gasteiger partial charge in [0.2, 0.25) is 16.9 Å². The van der Waals surface area contributed by atoms with Crippen LogP contribution in [0, 0.1) is 20.2 Å². The van der Waals surface area contributed by atoms with Gasteiger partial charge in [-0.25, -0.2) is 9.59 Å². The molecule has 0 aliphatic heterocycles. The van der Waals surface area contributed by atoms with Gasteiger partial charge in [-0.15, -0.1) is 0 Å². The molecule has 0 bridgehead atoms. The summed E-state index contributed by atoms with van der Waals surface area (Å²) >= 11 is 0. The fourth-order valence-corrected chi connectivity index (χ4v) is 3.66. The zero-order chi connectivity index (χ0) is 33.3. The van der Waals surface area contributed by atoms with Crippen molar-refractivity contribution in [3.8, 4) is 11.5 Å². The van der Waals surface area contributed by atoms with Gasteiger partial charge in [0.15, 0.2) is 0 Å². The number of nitro benzene ring substituents is 2. The molecule has 0 saturated carbocycles. The Bertz CT molecular complexity index is 1320. The van der Waals surface area contributed by atoms with Crippen LogP contribution in [-0.2, 0) is 14.9 Å². The molecule has 2 rings (SSSR count). The Morgan fingerprint density at radius 2 is 0.930 bits per heavy atom. The highest BCUT2D eigenvalue weighted by atomic mass is 19.4. The zero-order valence-corrected chi connectivity index (χ0v) is 23.2. The lowest BCUT2D eigenvalue weighted by Gasteiger charge is -2.38. The molecular weight excluding hydrogens is 602 g/mol. The van der Waals surface area contributed by atoms with E-state index in [2.05, 4.69) is 9.47 Å². The van der Waals surface area contributed by atoms with E-state index in [-0.39, 0.29) is 24.3 Å². The van der Waals surface area contributed by atoms with E-state index < -0.39 is 85.1 Å². The fourth-order valence-electron chi connectivity index (χ4n) is 3.66. The number of carbonyl (C=O) groups excluding carboxylic acids is 2. The van der Waals surface area contributed by atoms with Gasteiger partial charge in [0.1, 0.15) is 11.2 Å².